The summed E-state index contributed by atoms with van der Waals surface area (Å²) in [5.41, 5.74) is 0. The predicted octanol–water partition coefficient (Wildman–Crippen LogP) is 2.68. The summed E-state index contributed by atoms with van der Waals surface area (Å²) in [6, 6.07) is 0.385. The molecule has 0 aromatic rings. The van der Waals surface area contributed by atoms with Gasteiger partial charge in [0.15, 0.2) is 0 Å². The van der Waals surface area contributed by atoms with Crippen LogP contribution in [0.3, 0.4) is 0 Å². The molecule has 1 heterocycles. The van der Waals surface area contributed by atoms with E-state index in [1.807, 2.05) is 0 Å². The molecule has 1 aliphatic heterocycles. The summed E-state index contributed by atoms with van der Waals surface area (Å²) in [6.07, 6.45) is 5.00. The minimum atomic E-state index is 0.376. The highest BCUT2D eigenvalue weighted by Gasteiger charge is 2.38. The molecule has 0 radical (unpaired) electrons. The van der Waals surface area contributed by atoms with Crippen LogP contribution in [0.25, 0.3) is 0 Å². The van der Waals surface area contributed by atoms with Gasteiger partial charge < -0.3 is 4.90 Å². The standard InChI is InChI=1S/C13H23NO/c1-9(2)14-8-12(7-13(14)15)10(3)11-5-4-6-11/h9-12H,4-8H2,1-3H3/t10?,12-/m1/s1. The highest BCUT2D eigenvalue weighted by Crippen LogP contribution is 2.40. The maximum absolute atomic E-state index is 11.8. The third-order valence-corrected chi connectivity index (χ3v) is 4.45. The van der Waals surface area contributed by atoms with E-state index in [0.29, 0.717) is 17.9 Å². The molecule has 1 saturated heterocycles. The van der Waals surface area contributed by atoms with Gasteiger partial charge in [0.05, 0.1) is 0 Å². The molecule has 2 atom stereocenters. The van der Waals surface area contributed by atoms with Crippen molar-refractivity contribution in [2.75, 3.05) is 6.54 Å². The van der Waals surface area contributed by atoms with E-state index in [4.69, 9.17) is 0 Å². The SMILES string of the molecule is CC(C1CCC1)[C@@H]1CC(=O)N(C(C)C)C1. The van der Waals surface area contributed by atoms with Gasteiger partial charge in [0.1, 0.15) is 0 Å². The van der Waals surface area contributed by atoms with Gasteiger partial charge in [-0.25, -0.2) is 0 Å². The number of hydrogen-bond acceptors (Lipinski definition) is 1. The van der Waals surface area contributed by atoms with Crippen molar-refractivity contribution in [3.8, 4) is 0 Å². The van der Waals surface area contributed by atoms with Crippen molar-refractivity contribution in [1.29, 1.82) is 0 Å². The summed E-state index contributed by atoms with van der Waals surface area (Å²) in [6.45, 7) is 7.60. The second-order valence-electron chi connectivity index (χ2n) is 5.65. The zero-order chi connectivity index (χ0) is 11.0. The number of nitrogens with zero attached hydrogens (tertiary/aromatic N) is 1. The molecule has 2 rings (SSSR count). The fourth-order valence-corrected chi connectivity index (χ4v) is 2.96. The maximum Gasteiger partial charge on any atom is 0.223 e. The molecular formula is C13H23NO. The number of rotatable bonds is 3. The van der Waals surface area contributed by atoms with E-state index in [9.17, 15) is 4.79 Å². The maximum atomic E-state index is 11.8. The molecule has 0 aromatic carbocycles. The molecule has 0 aromatic heterocycles. The average Bonchev–Trinajstić information content (AvgIpc) is 2.44. The first kappa shape index (κ1) is 11.0. The van der Waals surface area contributed by atoms with E-state index in [2.05, 4.69) is 25.7 Å². The quantitative estimate of drug-likeness (QED) is 0.700. The Morgan fingerprint density at radius 1 is 1.20 bits per heavy atom. The third-order valence-electron chi connectivity index (χ3n) is 4.45. The first-order valence-electron chi connectivity index (χ1n) is 6.39. The Balaban J connectivity index is 1.92. The summed E-state index contributed by atoms with van der Waals surface area (Å²) < 4.78 is 0. The molecule has 2 fully saturated rings. The zero-order valence-corrected chi connectivity index (χ0v) is 10.2. The lowest BCUT2D eigenvalue weighted by atomic mass is 9.71. The lowest BCUT2D eigenvalue weighted by Crippen LogP contribution is -2.33. The van der Waals surface area contributed by atoms with Crippen molar-refractivity contribution in [3.05, 3.63) is 0 Å². The Labute approximate surface area is 93.0 Å². The summed E-state index contributed by atoms with van der Waals surface area (Å²) in [5.74, 6) is 2.67. The van der Waals surface area contributed by atoms with E-state index in [1.165, 1.54) is 19.3 Å². The second-order valence-corrected chi connectivity index (χ2v) is 5.65. The van der Waals surface area contributed by atoms with Crippen LogP contribution < -0.4 is 0 Å². The largest absolute Gasteiger partial charge is 0.340 e. The van der Waals surface area contributed by atoms with E-state index < -0.39 is 0 Å². The summed E-state index contributed by atoms with van der Waals surface area (Å²) in [7, 11) is 0. The molecule has 0 spiro atoms. The van der Waals surface area contributed by atoms with E-state index in [-0.39, 0.29) is 0 Å². The fraction of sp³-hybridized carbons (Fsp3) is 0.923. The van der Waals surface area contributed by atoms with Crippen LogP contribution in [0.5, 0.6) is 0 Å². The monoisotopic (exact) mass is 209 g/mol. The minimum Gasteiger partial charge on any atom is -0.340 e. The summed E-state index contributed by atoms with van der Waals surface area (Å²) in [4.78, 5) is 13.8. The molecule has 0 bridgehead atoms. The van der Waals surface area contributed by atoms with Crippen LogP contribution in [0.15, 0.2) is 0 Å². The van der Waals surface area contributed by atoms with Crippen molar-refractivity contribution < 1.29 is 4.79 Å². The first-order chi connectivity index (χ1) is 7.09. The van der Waals surface area contributed by atoms with Gasteiger partial charge in [-0.05, 0) is 31.6 Å². The Morgan fingerprint density at radius 3 is 2.27 bits per heavy atom. The van der Waals surface area contributed by atoms with Gasteiger partial charge in [-0.3, -0.25) is 4.79 Å². The molecule has 1 saturated carbocycles. The van der Waals surface area contributed by atoms with Gasteiger partial charge in [-0.1, -0.05) is 26.2 Å². The Morgan fingerprint density at radius 2 is 1.87 bits per heavy atom. The van der Waals surface area contributed by atoms with Crippen LogP contribution >= 0.6 is 0 Å². The smallest absolute Gasteiger partial charge is 0.223 e. The summed E-state index contributed by atoms with van der Waals surface area (Å²) in [5, 5.41) is 0. The van der Waals surface area contributed by atoms with Crippen LogP contribution in [-0.4, -0.2) is 23.4 Å². The number of amides is 1. The van der Waals surface area contributed by atoms with Crippen LogP contribution in [0.1, 0.15) is 46.5 Å². The molecule has 0 N–H and O–H groups in total. The van der Waals surface area contributed by atoms with Gasteiger partial charge in [-0.15, -0.1) is 0 Å². The Bertz CT molecular complexity index is 245. The molecule has 1 aliphatic carbocycles. The fourth-order valence-electron chi connectivity index (χ4n) is 2.96. The van der Waals surface area contributed by atoms with Crippen LogP contribution in [0.2, 0.25) is 0 Å². The van der Waals surface area contributed by atoms with Crippen LogP contribution in [0, 0.1) is 17.8 Å². The Hall–Kier alpha value is -0.530. The van der Waals surface area contributed by atoms with Gasteiger partial charge in [0.2, 0.25) is 5.91 Å². The average molecular weight is 209 g/mol. The van der Waals surface area contributed by atoms with Crippen molar-refractivity contribution in [1.82, 2.24) is 4.90 Å². The molecule has 2 nitrogen and oxygen atoms in total. The topological polar surface area (TPSA) is 20.3 Å². The Kier molecular flexibility index (Phi) is 3.03. The van der Waals surface area contributed by atoms with E-state index in [1.54, 1.807) is 0 Å². The normalized spacial score (nSPS) is 29.7. The number of hydrogen-bond donors (Lipinski definition) is 0. The van der Waals surface area contributed by atoms with Crippen LogP contribution in [0.4, 0.5) is 0 Å². The number of likely N-dealkylation sites (tertiary alicyclic amines) is 1. The minimum absolute atomic E-state index is 0.376. The third kappa shape index (κ3) is 2.04. The van der Waals surface area contributed by atoms with Crippen LogP contribution in [-0.2, 0) is 4.79 Å². The molecule has 15 heavy (non-hydrogen) atoms. The van der Waals surface area contributed by atoms with Crippen molar-refractivity contribution in [2.45, 2.75) is 52.5 Å². The van der Waals surface area contributed by atoms with Gasteiger partial charge >= 0.3 is 0 Å². The molecule has 1 unspecified atom stereocenters. The van der Waals surface area contributed by atoms with Crippen molar-refractivity contribution >= 4 is 5.91 Å². The summed E-state index contributed by atoms with van der Waals surface area (Å²) >= 11 is 0. The highest BCUT2D eigenvalue weighted by molar-refractivity contribution is 5.78. The van der Waals surface area contributed by atoms with Gasteiger partial charge in [0.25, 0.3) is 0 Å². The molecule has 86 valence electrons. The number of carbonyl (C=O) groups excluding carboxylic acids is 1. The van der Waals surface area contributed by atoms with Gasteiger partial charge in [-0.2, -0.15) is 0 Å². The predicted molar refractivity (Wildman–Crippen MR) is 61.5 cm³/mol. The van der Waals surface area contributed by atoms with E-state index in [0.717, 1.165) is 24.8 Å². The molecule has 1 amide bonds. The van der Waals surface area contributed by atoms with Gasteiger partial charge in [0, 0.05) is 19.0 Å². The van der Waals surface area contributed by atoms with Crippen molar-refractivity contribution in [3.63, 3.8) is 0 Å². The molecule has 2 heteroatoms. The highest BCUT2D eigenvalue weighted by atomic mass is 16.2. The molecular weight excluding hydrogens is 186 g/mol. The lowest BCUT2D eigenvalue weighted by molar-refractivity contribution is -0.129. The number of carbonyl (C=O) groups is 1. The zero-order valence-electron chi connectivity index (χ0n) is 10.2. The molecule has 2 aliphatic rings. The lowest BCUT2D eigenvalue weighted by Gasteiger charge is -2.35. The second kappa shape index (κ2) is 4.15. The van der Waals surface area contributed by atoms with Crippen molar-refractivity contribution in [2.24, 2.45) is 17.8 Å². The first-order valence-corrected chi connectivity index (χ1v) is 6.39. The van der Waals surface area contributed by atoms with E-state index >= 15 is 0 Å².